The fourth-order valence-electron chi connectivity index (χ4n) is 3.07. The van der Waals surface area contributed by atoms with Crippen molar-refractivity contribution in [3.05, 3.63) is 0 Å². The van der Waals surface area contributed by atoms with Gasteiger partial charge in [0.25, 0.3) is 0 Å². The van der Waals surface area contributed by atoms with Crippen molar-refractivity contribution in [1.82, 2.24) is 10.2 Å². The molecule has 1 N–H and O–H groups in total. The van der Waals surface area contributed by atoms with Gasteiger partial charge in [-0.05, 0) is 46.1 Å². The molecule has 3 unspecified atom stereocenters. The smallest absolute Gasteiger partial charge is 0.0261 e. The van der Waals surface area contributed by atoms with Gasteiger partial charge < -0.3 is 5.32 Å². The summed E-state index contributed by atoms with van der Waals surface area (Å²) < 4.78 is 0. The van der Waals surface area contributed by atoms with Crippen molar-refractivity contribution in [2.75, 3.05) is 13.1 Å². The van der Waals surface area contributed by atoms with Gasteiger partial charge in [0.1, 0.15) is 0 Å². The fourth-order valence-corrected chi connectivity index (χ4v) is 3.07. The van der Waals surface area contributed by atoms with Crippen molar-refractivity contribution in [1.29, 1.82) is 0 Å². The number of rotatable bonds is 1. The zero-order valence-corrected chi connectivity index (χ0v) is 9.09. The molecule has 0 saturated carbocycles. The molecule has 2 nitrogen and oxygen atoms in total. The maximum absolute atomic E-state index is 3.67. The highest BCUT2D eigenvalue weighted by atomic mass is 15.2. The van der Waals surface area contributed by atoms with Crippen molar-refractivity contribution >= 4 is 0 Å². The number of piperidine rings is 1. The molecule has 0 bridgehead atoms. The summed E-state index contributed by atoms with van der Waals surface area (Å²) in [6.07, 6.45) is 2.81. The van der Waals surface area contributed by atoms with Crippen molar-refractivity contribution < 1.29 is 0 Å². The minimum Gasteiger partial charge on any atom is -0.312 e. The van der Waals surface area contributed by atoms with Crippen LogP contribution >= 0.6 is 0 Å². The molecule has 2 aliphatic heterocycles. The van der Waals surface area contributed by atoms with E-state index in [-0.39, 0.29) is 0 Å². The third-order valence-corrected chi connectivity index (χ3v) is 3.79. The molecule has 2 heterocycles. The topological polar surface area (TPSA) is 15.3 Å². The van der Waals surface area contributed by atoms with Gasteiger partial charge in [-0.3, -0.25) is 4.90 Å². The maximum Gasteiger partial charge on any atom is 0.0261 e. The Bertz CT molecular complexity index is 177. The molecule has 0 aromatic rings. The van der Waals surface area contributed by atoms with Crippen LogP contribution in [0.4, 0.5) is 0 Å². The maximum atomic E-state index is 3.67. The van der Waals surface area contributed by atoms with E-state index in [0.717, 1.165) is 18.0 Å². The first-order valence-corrected chi connectivity index (χ1v) is 5.69. The Hall–Kier alpha value is -0.0800. The third kappa shape index (κ3) is 1.62. The second-order valence-electron chi connectivity index (χ2n) is 4.91. The number of fused-ring (bicyclic) bond motifs is 1. The van der Waals surface area contributed by atoms with Crippen LogP contribution in [0.15, 0.2) is 0 Å². The van der Waals surface area contributed by atoms with E-state index in [0.29, 0.717) is 6.04 Å². The number of hydrogen-bond donors (Lipinski definition) is 1. The van der Waals surface area contributed by atoms with Crippen LogP contribution in [0.5, 0.6) is 0 Å². The van der Waals surface area contributed by atoms with Gasteiger partial charge in [0, 0.05) is 24.7 Å². The summed E-state index contributed by atoms with van der Waals surface area (Å²) in [4.78, 5) is 2.65. The minimum atomic E-state index is 0.711. The van der Waals surface area contributed by atoms with E-state index in [4.69, 9.17) is 0 Å². The van der Waals surface area contributed by atoms with Crippen molar-refractivity contribution in [2.24, 2.45) is 5.92 Å². The van der Waals surface area contributed by atoms with Gasteiger partial charge >= 0.3 is 0 Å². The Morgan fingerprint density at radius 1 is 1.38 bits per heavy atom. The molecule has 2 aliphatic rings. The zero-order valence-electron chi connectivity index (χ0n) is 9.09. The van der Waals surface area contributed by atoms with Gasteiger partial charge in [0.2, 0.25) is 0 Å². The molecule has 0 amide bonds. The second-order valence-corrected chi connectivity index (χ2v) is 4.91. The molecule has 13 heavy (non-hydrogen) atoms. The summed E-state index contributed by atoms with van der Waals surface area (Å²) in [6.45, 7) is 9.55. The summed E-state index contributed by atoms with van der Waals surface area (Å²) in [7, 11) is 0. The molecular formula is C11H22N2. The monoisotopic (exact) mass is 182 g/mol. The number of nitrogens with zero attached hydrogens (tertiary/aromatic N) is 1. The molecule has 2 heteroatoms. The average Bonchev–Trinajstić information content (AvgIpc) is 2.45. The van der Waals surface area contributed by atoms with E-state index in [1.54, 1.807) is 0 Å². The molecule has 3 atom stereocenters. The quantitative estimate of drug-likeness (QED) is 0.660. The van der Waals surface area contributed by atoms with Crippen LogP contribution in [0.1, 0.15) is 33.6 Å². The molecule has 0 aliphatic carbocycles. The Kier molecular flexibility index (Phi) is 2.61. The van der Waals surface area contributed by atoms with Gasteiger partial charge in [0.05, 0.1) is 0 Å². The largest absolute Gasteiger partial charge is 0.312 e. The van der Waals surface area contributed by atoms with Gasteiger partial charge in [-0.15, -0.1) is 0 Å². The van der Waals surface area contributed by atoms with Crippen LogP contribution in [-0.4, -0.2) is 36.1 Å². The molecule has 2 fully saturated rings. The second kappa shape index (κ2) is 3.58. The summed E-state index contributed by atoms with van der Waals surface area (Å²) in [5.41, 5.74) is 0. The highest BCUT2D eigenvalue weighted by molar-refractivity contribution is 4.98. The SMILES string of the molecule is CC(C)N1CC2CCCNC2C1C. The Morgan fingerprint density at radius 3 is 2.77 bits per heavy atom. The molecule has 0 spiro atoms. The summed E-state index contributed by atoms with van der Waals surface area (Å²) in [5.74, 6) is 0.922. The van der Waals surface area contributed by atoms with Gasteiger partial charge in [-0.2, -0.15) is 0 Å². The van der Waals surface area contributed by atoms with E-state index in [2.05, 4.69) is 31.0 Å². The van der Waals surface area contributed by atoms with Crippen LogP contribution in [0.3, 0.4) is 0 Å². The molecule has 76 valence electrons. The predicted molar refractivity (Wildman–Crippen MR) is 55.8 cm³/mol. The first-order valence-electron chi connectivity index (χ1n) is 5.69. The first-order chi connectivity index (χ1) is 6.20. The molecule has 2 rings (SSSR count). The highest BCUT2D eigenvalue weighted by Gasteiger charge is 2.40. The fraction of sp³-hybridized carbons (Fsp3) is 1.00. The molecular weight excluding hydrogens is 160 g/mol. The van der Waals surface area contributed by atoms with Crippen LogP contribution in [0, 0.1) is 5.92 Å². The lowest BCUT2D eigenvalue weighted by Crippen LogP contribution is -2.46. The average molecular weight is 182 g/mol. The molecule has 0 aromatic carbocycles. The van der Waals surface area contributed by atoms with Crippen LogP contribution in [0.25, 0.3) is 0 Å². The van der Waals surface area contributed by atoms with E-state index in [1.165, 1.54) is 25.9 Å². The van der Waals surface area contributed by atoms with Crippen LogP contribution in [-0.2, 0) is 0 Å². The Balaban J connectivity index is 2.05. The van der Waals surface area contributed by atoms with Crippen LogP contribution < -0.4 is 5.32 Å². The van der Waals surface area contributed by atoms with Crippen molar-refractivity contribution in [2.45, 2.75) is 51.7 Å². The number of nitrogens with one attached hydrogen (secondary N) is 1. The van der Waals surface area contributed by atoms with E-state index in [9.17, 15) is 0 Å². The number of likely N-dealkylation sites (tertiary alicyclic amines) is 1. The third-order valence-electron chi connectivity index (χ3n) is 3.79. The van der Waals surface area contributed by atoms with Crippen LogP contribution in [0.2, 0.25) is 0 Å². The molecule has 2 saturated heterocycles. The van der Waals surface area contributed by atoms with E-state index in [1.807, 2.05) is 0 Å². The predicted octanol–water partition coefficient (Wildman–Crippen LogP) is 1.47. The molecule has 0 aromatic heterocycles. The standard InChI is InChI=1S/C11H22N2/c1-8(2)13-7-10-5-4-6-12-11(10)9(13)3/h8-12H,4-7H2,1-3H3. The lowest BCUT2D eigenvalue weighted by atomic mass is 9.91. The van der Waals surface area contributed by atoms with Gasteiger partial charge in [-0.1, -0.05) is 0 Å². The van der Waals surface area contributed by atoms with E-state index >= 15 is 0 Å². The zero-order chi connectivity index (χ0) is 9.42. The lowest BCUT2D eigenvalue weighted by Gasteiger charge is -2.30. The Morgan fingerprint density at radius 2 is 2.15 bits per heavy atom. The highest BCUT2D eigenvalue weighted by Crippen LogP contribution is 2.30. The normalized spacial score (nSPS) is 41.1. The van der Waals surface area contributed by atoms with E-state index < -0.39 is 0 Å². The summed E-state index contributed by atoms with van der Waals surface area (Å²) in [6, 6.07) is 2.23. The minimum absolute atomic E-state index is 0.711. The van der Waals surface area contributed by atoms with Crippen molar-refractivity contribution in [3.8, 4) is 0 Å². The lowest BCUT2D eigenvalue weighted by molar-refractivity contribution is 0.202. The summed E-state index contributed by atoms with van der Waals surface area (Å²) in [5, 5.41) is 3.67. The summed E-state index contributed by atoms with van der Waals surface area (Å²) >= 11 is 0. The molecule has 0 radical (unpaired) electrons. The van der Waals surface area contributed by atoms with Crippen molar-refractivity contribution in [3.63, 3.8) is 0 Å². The first kappa shape index (κ1) is 9.47. The van der Waals surface area contributed by atoms with Gasteiger partial charge in [0.15, 0.2) is 0 Å². The van der Waals surface area contributed by atoms with Gasteiger partial charge in [-0.25, -0.2) is 0 Å². The Labute approximate surface area is 81.7 Å². The number of hydrogen-bond acceptors (Lipinski definition) is 2.